The van der Waals surface area contributed by atoms with E-state index < -0.39 is 0 Å². The molecule has 0 bridgehead atoms. The third-order valence-electron chi connectivity index (χ3n) is 4.98. The van der Waals surface area contributed by atoms with Crippen LogP contribution >= 0.6 is 0 Å². The topological polar surface area (TPSA) is 68.5 Å². The number of carbonyl (C=O) groups excluding carboxylic acids is 1. The van der Waals surface area contributed by atoms with Crippen molar-refractivity contribution in [2.75, 3.05) is 6.61 Å². The first kappa shape index (κ1) is 20.6. The number of rotatable bonds is 6. The van der Waals surface area contributed by atoms with Gasteiger partial charge in [-0.25, -0.2) is 0 Å². The zero-order valence-electron chi connectivity index (χ0n) is 17.6. The van der Waals surface area contributed by atoms with Gasteiger partial charge in [-0.15, -0.1) is 0 Å². The lowest BCUT2D eigenvalue weighted by atomic mass is 10.0. The van der Waals surface area contributed by atoms with Crippen LogP contribution in [0.25, 0.3) is 22.3 Å². The van der Waals surface area contributed by atoms with Gasteiger partial charge in [-0.2, -0.15) is 0 Å². The Morgan fingerprint density at radius 3 is 2.45 bits per heavy atom. The zero-order chi connectivity index (χ0) is 21.1. The van der Waals surface area contributed by atoms with E-state index in [0.29, 0.717) is 16.7 Å². The molecule has 0 fully saturated rings. The molecule has 1 unspecified atom stereocenters. The SMILES string of the molecule is CCC(C)NC(=O)COc1c(-c2ccc(C)cc2)oc2cc(C)cc(C)c2c1=O. The van der Waals surface area contributed by atoms with Crippen LogP contribution in [0.4, 0.5) is 0 Å². The number of benzene rings is 2. The minimum Gasteiger partial charge on any atom is -0.476 e. The van der Waals surface area contributed by atoms with Gasteiger partial charge in [0, 0.05) is 11.6 Å². The predicted octanol–water partition coefficient (Wildman–Crippen LogP) is 4.68. The fourth-order valence-electron chi connectivity index (χ4n) is 3.26. The number of aryl methyl sites for hydroxylation is 3. The third kappa shape index (κ3) is 4.50. The third-order valence-corrected chi connectivity index (χ3v) is 4.98. The molecule has 0 saturated heterocycles. The van der Waals surface area contributed by atoms with Gasteiger partial charge in [0.25, 0.3) is 5.91 Å². The fraction of sp³-hybridized carbons (Fsp3) is 0.333. The maximum Gasteiger partial charge on any atom is 0.258 e. The molecule has 0 aliphatic heterocycles. The Balaban J connectivity index is 2.11. The number of hydrogen-bond acceptors (Lipinski definition) is 4. The highest BCUT2D eigenvalue weighted by Crippen LogP contribution is 2.32. The van der Waals surface area contributed by atoms with Crippen molar-refractivity contribution in [2.45, 2.75) is 47.1 Å². The Morgan fingerprint density at radius 1 is 1.10 bits per heavy atom. The number of amides is 1. The maximum absolute atomic E-state index is 13.3. The van der Waals surface area contributed by atoms with Gasteiger partial charge >= 0.3 is 0 Å². The van der Waals surface area contributed by atoms with Crippen LogP contribution in [-0.4, -0.2) is 18.6 Å². The molecule has 1 heterocycles. The number of carbonyl (C=O) groups is 1. The lowest BCUT2D eigenvalue weighted by Gasteiger charge is -2.15. The van der Waals surface area contributed by atoms with Crippen LogP contribution in [0.1, 0.15) is 37.0 Å². The normalized spacial score (nSPS) is 12.0. The molecule has 1 atom stereocenters. The number of fused-ring (bicyclic) bond motifs is 1. The van der Waals surface area contributed by atoms with Crippen molar-refractivity contribution in [3.8, 4) is 17.1 Å². The highest BCUT2D eigenvalue weighted by molar-refractivity contribution is 5.86. The van der Waals surface area contributed by atoms with Gasteiger partial charge in [-0.1, -0.05) is 42.8 Å². The molecule has 1 amide bonds. The summed E-state index contributed by atoms with van der Waals surface area (Å²) in [6, 6.07) is 11.5. The van der Waals surface area contributed by atoms with E-state index in [2.05, 4.69) is 5.32 Å². The zero-order valence-corrected chi connectivity index (χ0v) is 17.6. The minimum atomic E-state index is -0.269. The summed E-state index contributed by atoms with van der Waals surface area (Å²) in [4.78, 5) is 25.5. The molecule has 3 aromatic rings. The molecule has 0 aliphatic rings. The Bertz CT molecular complexity index is 1100. The first-order valence-corrected chi connectivity index (χ1v) is 9.87. The summed E-state index contributed by atoms with van der Waals surface area (Å²) in [5.74, 6) is 0.130. The second-order valence-corrected chi connectivity index (χ2v) is 7.58. The standard InChI is InChI=1S/C24H27NO4/c1-6-17(5)25-20(26)13-28-24-22(27)21-16(4)11-15(3)12-19(21)29-23(24)18-9-7-14(2)8-10-18/h7-12,17H,6,13H2,1-5H3,(H,25,26). The van der Waals surface area contributed by atoms with Gasteiger partial charge in [0.15, 0.2) is 12.4 Å². The van der Waals surface area contributed by atoms with Gasteiger partial charge in [-0.05, 0) is 51.3 Å². The van der Waals surface area contributed by atoms with E-state index in [0.717, 1.165) is 28.7 Å². The number of ether oxygens (including phenoxy) is 1. The molecule has 0 aliphatic carbocycles. The molecule has 5 nitrogen and oxygen atoms in total. The first-order chi connectivity index (χ1) is 13.8. The molecule has 5 heteroatoms. The van der Waals surface area contributed by atoms with Crippen LogP contribution in [0, 0.1) is 20.8 Å². The molecule has 0 spiro atoms. The second-order valence-electron chi connectivity index (χ2n) is 7.58. The molecular formula is C24H27NO4. The van der Waals surface area contributed by atoms with Crippen LogP contribution in [0.3, 0.4) is 0 Å². The van der Waals surface area contributed by atoms with E-state index >= 15 is 0 Å². The Morgan fingerprint density at radius 2 is 1.79 bits per heavy atom. The van der Waals surface area contributed by atoms with E-state index in [1.54, 1.807) is 0 Å². The van der Waals surface area contributed by atoms with Crippen molar-refractivity contribution in [3.63, 3.8) is 0 Å². The van der Waals surface area contributed by atoms with E-state index in [1.807, 2.05) is 71.0 Å². The molecule has 1 N–H and O–H groups in total. The smallest absolute Gasteiger partial charge is 0.258 e. The summed E-state index contributed by atoms with van der Waals surface area (Å²) in [6.07, 6.45) is 0.816. The van der Waals surface area contributed by atoms with Gasteiger partial charge in [0.1, 0.15) is 5.58 Å². The molecular weight excluding hydrogens is 366 g/mol. The Hall–Kier alpha value is -3.08. The van der Waals surface area contributed by atoms with Crippen molar-refractivity contribution < 1.29 is 13.9 Å². The molecule has 0 radical (unpaired) electrons. The van der Waals surface area contributed by atoms with E-state index in [9.17, 15) is 9.59 Å². The summed E-state index contributed by atoms with van der Waals surface area (Å²) >= 11 is 0. The lowest BCUT2D eigenvalue weighted by Crippen LogP contribution is -2.36. The molecule has 29 heavy (non-hydrogen) atoms. The van der Waals surface area contributed by atoms with Crippen molar-refractivity contribution >= 4 is 16.9 Å². The summed E-state index contributed by atoms with van der Waals surface area (Å²) in [6.45, 7) is 9.49. The van der Waals surface area contributed by atoms with Crippen molar-refractivity contribution in [2.24, 2.45) is 0 Å². The monoisotopic (exact) mass is 393 g/mol. The molecule has 3 rings (SSSR count). The van der Waals surface area contributed by atoms with Crippen LogP contribution in [0.5, 0.6) is 5.75 Å². The predicted molar refractivity (Wildman–Crippen MR) is 116 cm³/mol. The van der Waals surface area contributed by atoms with Crippen LogP contribution < -0.4 is 15.5 Å². The Kier molecular flexibility index (Phi) is 6.06. The highest BCUT2D eigenvalue weighted by Gasteiger charge is 2.20. The van der Waals surface area contributed by atoms with Gasteiger partial charge in [0.2, 0.25) is 11.2 Å². The van der Waals surface area contributed by atoms with Crippen molar-refractivity contribution in [3.05, 3.63) is 63.3 Å². The summed E-state index contributed by atoms with van der Waals surface area (Å²) < 4.78 is 11.9. The van der Waals surface area contributed by atoms with E-state index in [4.69, 9.17) is 9.15 Å². The first-order valence-electron chi connectivity index (χ1n) is 9.87. The van der Waals surface area contributed by atoms with Crippen LogP contribution in [0.2, 0.25) is 0 Å². The highest BCUT2D eigenvalue weighted by atomic mass is 16.5. The van der Waals surface area contributed by atoms with Crippen molar-refractivity contribution in [1.29, 1.82) is 0 Å². The van der Waals surface area contributed by atoms with Gasteiger partial charge < -0.3 is 14.5 Å². The molecule has 1 aromatic heterocycles. The largest absolute Gasteiger partial charge is 0.476 e. The summed E-state index contributed by atoms with van der Waals surface area (Å²) in [5.41, 5.74) is 3.90. The van der Waals surface area contributed by atoms with Crippen molar-refractivity contribution in [1.82, 2.24) is 5.32 Å². The van der Waals surface area contributed by atoms with Gasteiger partial charge in [0.05, 0.1) is 5.39 Å². The summed E-state index contributed by atoms with van der Waals surface area (Å²) in [5, 5.41) is 3.32. The molecule has 152 valence electrons. The van der Waals surface area contributed by atoms with Gasteiger partial charge in [-0.3, -0.25) is 9.59 Å². The number of nitrogens with one attached hydrogen (secondary N) is 1. The quantitative estimate of drug-likeness (QED) is 0.660. The molecule has 0 saturated carbocycles. The van der Waals surface area contributed by atoms with E-state index in [1.165, 1.54) is 0 Å². The fourth-order valence-corrected chi connectivity index (χ4v) is 3.26. The Labute approximate surface area is 170 Å². The lowest BCUT2D eigenvalue weighted by molar-refractivity contribution is -0.123. The summed E-state index contributed by atoms with van der Waals surface area (Å²) in [7, 11) is 0. The second kappa shape index (κ2) is 8.52. The average molecular weight is 393 g/mol. The average Bonchev–Trinajstić information content (AvgIpc) is 2.66. The number of hydrogen-bond donors (Lipinski definition) is 1. The maximum atomic E-state index is 13.3. The van der Waals surface area contributed by atoms with Crippen LogP contribution in [-0.2, 0) is 4.79 Å². The minimum absolute atomic E-state index is 0.0425. The molecule has 2 aromatic carbocycles. The van der Waals surface area contributed by atoms with E-state index in [-0.39, 0.29) is 29.7 Å². The van der Waals surface area contributed by atoms with Crippen LogP contribution in [0.15, 0.2) is 45.6 Å².